The zero-order chi connectivity index (χ0) is 37.8. The second kappa shape index (κ2) is 13.5. The van der Waals surface area contributed by atoms with Gasteiger partial charge in [-0.1, -0.05) is 176 Å². The summed E-state index contributed by atoms with van der Waals surface area (Å²) in [4.78, 5) is 0. The Labute approximate surface area is 333 Å². The van der Waals surface area contributed by atoms with Gasteiger partial charge in [0.2, 0.25) is 0 Å². The summed E-state index contributed by atoms with van der Waals surface area (Å²) in [6.07, 6.45) is 0. The Morgan fingerprint density at radius 3 is 1.21 bits per heavy atom. The molecule has 0 aliphatic rings. The van der Waals surface area contributed by atoms with E-state index in [2.05, 4.69) is 240 Å². The molecule has 0 bridgehead atoms. The Balaban J connectivity index is 1.16. The van der Waals surface area contributed by atoms with Crippen molar-refractivity contribution in [2.45, 2.75) is 0 Å². The summed E-state index contributed by atoms with van der Waals surface area (Å²) in [6, 6.07) is 85.3. The van der Waals surface area contributed by atoms with Gasteiger partial charge in [-0.25, -0.2) is 0 Å². The summed E-state index contributed by atoms with van der Waals surface area (Å²) in [6.45, 7) is 0. The first-order chi connectivity index (χ1) is 28.3. The minimum absolute atomic E-state index is 1.17. The highest BCUT2D eigenvalue weighted by molar-refractivity contribution is 7.20. The van der Waals surface area contributed by atoms with Crippen molar-refractivity contribution in [3.63, 3.8) is 0 Å². The molecule has 0 spiro atoms. The lowest BCUT2D eigenvalue weighted by Crippen LogP contribution is -2.74. The molecule has 2 aromatic heterocycles. The van der Waals surface area contributed by atoms with Crippen LogP contribution < -0.4 is 20.7 Å². The van der Waals surface area contributed by atoms with Crippen molar-refractivity contribution in [3.05, 3.63) is 231 Å². The average Bonchev–Trinajstić information content (AvgIpc) is 3.80. The van der Waals surface area contributed by atoms with Crippen LogP contribution >= 0.6 is 0 Å². The molecule has 0 N–H and O–H groups in total. The zero-order valence-corrected chi connectivity index (χ0v) is 32.3. The molecule has 57 heavy (non-hydrogen) atoms. The molecule has 0 amide bonds. The number of benzene rings is 9. The van der Waals surface area contributed by atoms with Crippen LogP contribution in [0.15, 0.2) is 231 Å². The van der Waals surface area contributed by atoms with Crippen LogP contribution in [0, 0.1) is 0 Å². The molecule has 0 aliphatic heterocycles. The fourth-order valence-corrected chi connectivity index (χ4v) is 14.2. The summed E-state index contributed by atoms with van der Waals surface area (Å²) in [5.74, 6) is 0. The molecule has 9 aromatic carbocycles. The molecule has 0 saturated heterocycles. The van der Waals surface area contributed by atoms with Crippen LogP contribution in [0.1, 0.15) is 0 Å². The van der Waals surface area contributed by atoms with E-state index in [1.54, 1.807) is 0 Å². The Morgan fingerprint density at radius 1 is 0.246 bits per heavy atom. The van der Waals surface area contributed by atoms with Crippen LogP contribution in [0.5, 0.6) is 0 Å². The van der Waals surface area contributed by atoms with Crippen molar-refractivity contribution in [2.75, 3.05) is 0 Å². The van der Waals surface area contributed by atoms with Crippen LogP contribution in [-0.2, 0) is 0 Å². The molecular weight excluding hydrogens is 705 g/mol. The Hall–Kier alpha value is -7.20. The molecule has 3 heteroatoms. The predicted octanol–water partition coefficient (Wildman–Crippen LogP) is 10.9. The Kier molecular flexibility index (Phi) is 7.87. The monoisotopic (exact) mass is 742 g/mol. The van der Waals surface area contributed by atoms with Gasteiger partial charge in [0.15, 0.2) is 8.07 Å². The molecule has 11 aromatic rings. The zero-order valence-electron chi connectivity index (χ0n) is 31.3. The summed E-state index contributed by atoms with van der Waals surface area (Å²) >= 11 is 0. The van der Waals surface area contributed by atoms with Gasteiger partial charge in [0.25, 0.3) is 0 Å². The van der Waals surface area contributed by atoms with E-state index in [4.69, 9.17) is 0 Å². The number of hydrogen-bond donors (Lipinski definition) is 0. The maximum Gasteiger partial charge on any atom is 0.179 e. The topological polar surface area (TPSA) is 9.86 Å². The minimum Gasteiger partial charge on any atom is -0.309 e. The van der Waals surface area contributed by atoms with Gasteiger partial charge < -0.3 is 9.13 Å². The van der Waals surface area contributed by atoms with Crippen LogP contribution in [0.25, 0.3) is 66.1 Å². The molecule has 268 valence electrons. The van der Waals surface area contributed by atoms with Crippen molar-refractivity contribution >= 4 is 72.4 Å². The molecule has 0 unspecified atom stereocenters. The van der Waals surface area contributed by atoms with E-state index in [1.807, 2.05) is 0 Å². The number of rotatable bonds is 7. The van der Waals surface area contributed by atoms with Crippen molar-refractivity contribution < 1.29 is 0 Å². The number of hydrogen-bond acceptors (Lipinski definition) is 0. The predicted molar refractivity (Wildman–Crippen MR) is 244 cm³/mol. The molecule has 0 atom stereocenters. The highest BCUT2D eigenvalue weighted by Gasteiger charge is 2.42. The molecule has 2 nitrogen and oxygen atoms in total. The van der Waals surface area contributed by atoms with Gasteiger partial charge >= 0.3 is 0 Å². The lowest BCUT2D eigenvalue weighted by atomic mass is 10.0. The molecule has 0 fully saturated rings. The molecular formula is C54H38N2Si. The number of para-hydroxylation sites is 4. The Morgan fingerprint density at radius 2 is 0.649 bits per heavy atom. The van der Waals surface area contributed by atoms with Crippen LogP contribution in [0.2, 0.25) is 0 Å². The van der Waals surface area contributed by atoms with Gasteiger partial charge in [-0.2, -0.15) is 0 Å². The largest absolute Gasteiger partial charge is 0.309 e. The molecule has 0 aliphatic carbocycles. The number of nitrogens with zero attached hydrogens (tertiary/aromatic N) is 2. The number of aromatic nitrogens is 2. The third kappa shape index (κ3) is 5.24. The maximum atomic E-state index is 2.51. The van der Waals surface area contributed by atoms with Gasteiger partial charge in [0.05, 0.1) is 22.1 Å². The summed E-state index contributed by atoms with van der Waals surface area (Å²) in [5, 5.41) is 10.5. The van der Waals surface area contributed by atoms with Crippen molar-refractivity contribution in [2.24, 2.45) is 0 Å². The third-order valence-electron chi connectivity index (χ3n) is 11.8. The van der Waals surface area contributed by atoms with Gasteiger partial charge in [0, 0.05) is 32.9 Å². The van der Waals surface area contributed by atoms with Gasteiger partial charge in [-0.05, 0) is 86.5 Å². The average molecular weight is 743 g/mol. The SMILES string of the molecule is c1ccc(-n2c3ccccc3c3cc(-c4cccc([Si](c5ccccc5)(c5ccccc5)c5ccc6c(c5)c5ccccc5n6-c5ccccc5)c4)ccc32)cc1. The van der Waals surface area contributed by atoms with Crippen LogP contribution in [0.3, 0.4) is 0 Å². The maximum absolute atomic E-state index is 2.89. The first kappa shape index (κ1) is 33.2. The Bertz CT molecular complexity index is 3180. The normalized spacial score (nSPS) is 11.9. The van der Waals surface area contributed by atoms with Gasteiger partial charge in [-0.3, -0.25) is 0 Å². The van der Waals surface area contributed by atoms with E-state index in [0.717, 1.165) is 0 Å². The second-order valence-corrected chi connectivity index (χ2v) is 18.7. The lowest BCUT2D eigenvalue weighted by Gasteiger charge is -2.35. The smallest absolute Gasteiger partial charge is 0.179 e. The second-order valence-electron chi connectivity index (χ2n) is 14.9. The number of fused-ring (bicyclic) bond motifs is 6. The lowest BCUT2D eigenvalue weighted by molar-refractivity contribution is 1.18. The first-order valence-electron chi connectivity index (χ1n) is 19.7. The molecule has 11 rings (SSSR count). The van der Waals surface area contributed by atoms with E-state index in [1.165, 1.54) is 86.9 Å². The van der Waals surface area contributed by atoms with E-state index >= 15 is 0 Å². The quantitative estimate of drug-likeness (QED) is 0.114. The van der Waals surface area contributed by atoms with Crippen molar-refractivity contribution in [1.82, 2.24) is 9.13 Å². The molecule has 0 radical (unpaired) electrons. The molecule has 0 saturated carbocycles. The fraction of sp³-hybridized carbons (Fsp3) is 0. The standard InChI is InChI=1S/C54H38N2Si/c1-5-19-41(20-6-1)55-51-30-15-13-28-47(51)49-37-40(32-34-53(49)55)39-18-17-27-45(36-39)57(43-23-9-3-10-24-43,44-25-11-4-12-26-44)46-33-35-54-50(38-46)48-29-14-16-31-52(48)56(54)42-21-7-2-8-22-42/h1-38H. The fourth-order valence-electron chi connectivity index (χ4n) is 9.38. The molecule has 2 heterocycles. The van der Waals surface area contributed by atoms with Crippen LogP contribution in [-0.4, -0.2) is 17.2 Å². The summed E-state index contributed by atoms with van der Waals surface area (Å²) in [5.41, 5.74) is 9.63. The van der Waals surface area contributed by atoms with E-state index in [9.17, 15) is 0 Å². The van der Waals surface area contributed by atoms with E-state index < -0.39 is 8.07 Å². The van der Waals surface area contributed by atoms with E-state index in [0.29, 0.717) is 0 Å². The van der Waals surface area contributed by atoms with Gasteiger partial charge in [0.1, 0.15) is 0 Å². The van der Waals surface area contributed by atoms with Crippen molar-refractivity contribution in [1.29, 1.82) is 0 Å². The third-order valence-corrected chi connectivity index (χ3v) is 16.6. The minimum atomic E-state index is -2.89. The van der Waals surface area contributed by atoms with Gasteiger partial charge in [-0.15, -0.1) is 0 Å². The highest BCUT2D eigenvalue weighted by Crippen LogP contribution is 2.35. The van der Waals surface area contributed by atoms with E-state index in [-0.39, 0.29) is 0 Å². The van der Waals surface area contributed by atoms with Crippen molar-refractivity contribution in [3.8, 4) is 22.5 Å². The van der Waals surface area contributed by atoms with Crippen LogP contribution in [0.4, 0.5) is 0 Å². The summed E-state index contributed by atoms with van der Waals surface area (Å²) in [7, 11) is -2.89. The summed E-state index contributed by atoms with van der Waals surface area (Å²) < 4.78 is 4.80. The highest BCUT2D eigenvalue weighted by atomic mass is 28.3. The first-order valence-corrected chi connectivity index (χ1v) is 21.7.